The lowest BCUT2D eigenvalue weighted by Crippen LogP contribution is -2.45. The highest BCUT2D eigenvalue weighted by Gasteiger charge is 2.38. The zero-order chi connectivity index (χ0) is 12.9. The second kappa shape index (κ2) is 6.36. The Balaban J connectivity index is 2.31. The van der Waals surface area contributed by atoms with Crippen LogP contribution in [-0.2, 0) is 9.53 Å². The third kappa shape index (κ3) is 4.28. The Morgan fingerprint density at radius 2 is 2.29 bits per heavy atom. The molecule has 0 aromatic heterocycles. The van der Waals surface area contributed by atoms with E-state index in [1.54, 1.807) is 0 Å². The molecule has 0 aliphatic heterocycles. The van der Waals surface area contributed by atoms with Crippen LogP contribution in [0.3, 0.4) is 0 Å². The number of carbonyl (C=O) groups excluding carboxylic acids is 1. The van der Waals surface area contributed by atoms with Crippen LogP contribution in [0.4, 0.5) is 0 Å². The molecule has 0 saturated heterocycles. The van der Waals surface area contributed by atoms with Crippen molar-refractivity contribution in [3.8, 4) is 0 Å². The first-order valence-electron chi connectivity index (χ1n) is 6.50. The summed E-state index contributed by atoms with van der Waals surface area (Å²) in [6, 6.07) is 0.110. The highest BCUT2D eigenvalue weighted by Crippen LogP contribution is 2.37. The van der Waals surface area contributed by atoms with Crippen molar-refractivity contribution in [1.82, 2.24) is 5.32 Å². The van der Waals surface area contributed by atoms with Crippen LogP contribution in [0.5, 0.6) is 0 Å². The first-order chi connectivity index (χ1) is 7.98. The molecule has 2 N–H and O–H groups in total. The van der Waals surface area contributed by atoms with Gasteiger partial charge in [-0.05, 0) is 26.7 Å². The van der Waals surface area contributed by atoms with Crippen LogP contribution in [0.1, 0.15) is 46.5 Å². The number of hydrogen-bond acceptors (Lipinski definition) is 3. The van der Waals surface area contributed by atoms with Crippen molar-refractivity contribution in [1.29, 1.82) is 0 Å². The average molecular weight is 243 g/mol. The van der Waals surface area contributed by atoms with E-state index in [1.807, 2.05) is 20.8 Å². The van der Waals surface area contributed by atoms with Crippen molar-refractivity contribution in [3.05, 3.63) is 0 Å². The third-order valence-electron chi connectivity index (χ3n) is 3.56. The van der Waals surface area contributed by atoms with E-state index < -0.39 is 0 Å². The zero-order valence-corrected chi connectivity index (χ0v) is 11.2. The van der Waals surface area contributed by atoms with Crippen molar-refractivity contribution in [2.24, 2.45) is 5.41 Å². The number of aliphatic hydroxyl groups excluding tert-OH is 1. The fourth-order valence-corrected chi connectivity index (χ4v) is 2.32. The van der Waals surface area contributed by atoms with Crippen molar-refractivity contribution in [3.63, 3.8) is 0 Å². The van der Waals surface area contributed by atoms with E-state index in [2.05, 4.69) is 5.32 Å². The van der Waals surface area contributed by atoms with Crippen molar-refractivity contribution < 1.29 is 14.6 Å². The molecule has 100 valence electrons. The molecule has 0 heterocycles. The number of nitrogens with one attached hydrogen (secondary N) is 1. The molecular formula is C13H25NO3. The summed E-state index contributed by atoms with van der Waals surface area (Å²) < 4.78 is 5.35. The molecule has 1 aliphatic rings. The summed E-state index contributed by atoms with van der Waals surface area (Å²) >= 11 is 0. The van der Waals surface area contributed by atoms with Crippen molar-refractivity contribution in [2.75, 3.05) is 13.2 Å². The second-order valence-corrected chi connectivity index (χ2v) is 5.49. The summed E-state index contributed by atoms with van der Waals surface area (Å²) in [5.74, 6) is 0.0252. The molecule has 0 aromatic rings. The molecular weight excluding hydrogens is 218 g/mol. The Morgan fingerprint density at radius 1 is 1.59 bits per heavy atom. The van der Waals surface area contributed by atoms with Gasteiger partial charge in [-0.25, -0.2) is 0 Å². The standard InChI is InChI=1S/C13H25NO3/c1-10(2)17-8-6-12(16)14-11-5-4-7-13(11,3)9-15/h10-11,15H,4-9H2,1-3H3,(H,14,16). The molecule has 1 amide bonds. The first-order valence-corrected chi connectivity index (χ1v) is 6.50. The lowest BCUT2D eigenvalue weighted by Gasteiger charge is -2.30. The van der Waals surface area contributed by atoms with E-state index in [0.29, 0.717) is 13.0 Å². The Hall–Kier alpha value is -0.610. The van der Waals surface area contributed by atoms with Gasteiger partial charge in [-0.2, -0.15) is 0 Å². The van der Waals surface area contributed by atoms with Crippen LogP contribution in [0.25, 0.3) is 0 Å². The van der Waals surface area contributed by atoms with E-state index >= 15 is 0 Å². The Bertz CT molecular complexity index is 255. The third-order valence-corrected chi connectivity index (χ3v) is 3.56. The highest BCUT2D eigenvalue weighted by atomic mass is 16.5. The number of rotatable bonds is 6. The molecule has 0 aromatic carbocycles. The van der Waals surface area contributed by atoms with Gasteiger partial charge in [0.1, 0.15) is 0 Å². The van der Waals surface area contributed by atoms with Gasteiger partial charge in [-0.15, -0.1) is 0 Å². The fraction of sp³-hybridized carbons (Fsp3) is 0.923. The van der Waals surface area contributed by atoms with Crippen LogP contribution < -0.4 is 5.32 Å². The summed E-state index contributed by atoms with van der Waals surface area (Å²) in [5.41, 5.74) is -0.144. The first kappa shape index (κ1) is 14.5. The number of hydrogen-bond donors (Lipinski definition) is 2. The molecule has 2 unspecified atom stereocenters. The summed E-state index contributed by atoms with van der Waals surface area (Å²) in [7, 11) is 0. The van der Waals surface area contributed by atoms with E-state index in [-0.39, 0.29) is 30.1 Å². The molecule has 2 atom stereocenters. The van der Waals surface area contributed by atoms with Gasteiger partial charge in [0.05, 0.1) is 19.3 Å². The quantitative estimate of drug-likeness (QED) is 0.742. The van der Waals surface area contributed by atoms with E-state index in [9.17, 15) is 9.90 Å². The summed E-state index contributed by atoms with van der Waals surface area (Å²) in [4.78, 5) is 11.7. The van der Waals surface area contributed by atoms with Crippen LogP contribution >= 0.6 is 0 Å². The molecule has 0 bridgehead atoms. The number of aliphatic hydroxyl groups is 1. The summed E-state index contributed by atoms with van der Waals surface area (Å²) in [5, 5.41) is 12.4. The lowest BCUT2D eigenvalue weighted by molar-refractivity contribution is -0.124. The predicted octanol–water partition coefficient (Wildman–Crippen LogP) is 1.47. The van der Waals surface area contributed by atoms with E-state index in [0.717, 1.165) is 19.3 Å². The molecule has 1 saturated carbocycles. The maximum atomic E-state index is 11.7. The predicted molar refractivity (Wildman–Crippen MR) is 66.7 cm³/mol. The van der Waals surface area contributed by atoms with Crippen LogP contribution in [-0.4, -0.2) is 36.4 Å². The highest BCUT2D eigenvalue weighted by molar-refractivity contribution is 5.76. The summed E-state index contributed by atoms with van der Waals surface area (Å²) in [6.07, 6.45) is 3.59. The number of ether oxygens (including phenoxy) is 1. The van der Waals surface area contributed by atoms with Crippen LogP contribution in [0, 0.1) is 5.41 Å². The van der Waals surface area contributed by atoms with E-state index in [4.69, 9.17) is 4.74 Å². The second-order valence-electron chi connectivity index (χ2n) is 5.49. The van der Waals surface area contributed by atoms with Crippen molar-refractivity contribution >= 4 is 5.91 Å². The fourth-order valence-electron chi connectivity index (χ4n) is 2.32. The van der Waals surface area contributed by atoms with Gasteiger partial charge >= 0.3 is 0 Å². The molecule has 1 rings (SSSR count). The normalized spacial score (nSPS) is 28.6. The monoisotopic (exact) mass is 243 g/mol. The minimum absolute atomic E-state index is 0.0252. The number of carbonyl (C=O) groups is 1. The van der Waals surface area contributed by atoms with Gasteiger partial charge in [0.25, 0.3) is 0 Å². The Morgan fingerprint density at radius 3 is 2.88 bits per heavy atom. The van der Waals surface area contributed by atoms with E-state index in [1.165, 1.54) is 0 Å². The summed E-state index contributed by atoms with van der Waals surface area (Å²) in [6.45, 7) is 6.55. The molecule has 1 aliphatic carbocycles. The van der Waals surface area contributed by atoms with Gasteiger partial charge in [-0.3, -0.25) is 4.79 Å². The lowest BCUT2D eigenvalue weighted by atomic mass is 9.86. The van der Waals surface area contributed by atoms with Gasteiger partial charge in [-0.1, -0.05) is 13.3 Å². The average Bonchev–Trinajstić information content (AvgIpc) is 2.61. The minimum atomic E-state index is -0.144. The maximum absolute atomic E-state index is 11.7. The largest absolute Gasteiger partial charge is 0.396 e. The molecule has 0 spiro atoms. The Kier molecular flexibility index (Phi) is 5.40. The van der Waals surface area contributed by atoms with Crippen LogP contribution in [0.15, 0.2) is 0 Å². The van der Waals surface area contributed by atoms with Gasteiger partial charge in [0.15, 0.2) is 0 Å². The Labute approximate surface area is 104 Å². The molecule has 4 nitrogen and oxygen atoms in total. The van der Waals surface area contributed by atoms with Gasteiger partial charge in [0.2, 0.25) is 5.91 Å². The minimum Gasteiger partial charge on any atom is -0.396 e. The van der Waals surface area contributed by atoms with Gasteiger partial charge < -0.3 is 15.2 Å². The molecule has 4 heteroatoms. The van der Waals surface area contributed by atoms with Crippen LogP contribution in [0.2, 0.25) is 0 Å². The molecule has 17 heavy (non-hydrogen) atoms. The smallest absolute Gasteiger partial charge is 0.222 e. The SMILES string of the molecule is CC(C)OCCC(=O)NC1CCCC1(C)CO. The van der Waals surface area contributed by atoms with Crippen molar-refractivity contribution in [2.45, 2.75) is 58.6 Å². The molecule has 0 radical (unpaired) electrons. The maximum Gasteiger partial charge on any atom is 0.222 e. The van der Waals surface area contributed by atoms with Gasteiger partial charge in [0, 0.05) is 17.9 Å². The zero-order valence-electron chi connectivity index (χ0n) is 11.2. The number of amides is 1. The topological polar surface area (TPSA) is 58.6 Å². The molecule has 1 fully saturated rings.